The highest BCUT2D eigenvalue weighted by Gasteiger charge is 2.30. The number of carbonyl (C=O) groups is 1. The Kier molecular flexibility index (Phi) is 7.70. The van der Waals surface area contributed by atoms with E-state index in [0.717, 1.165) is 10.8 Å². The third-order valence-corrected chi connectivity index (χ3v) is 6.99. The summed E-state index contributed by atoms with van der Waals surface area (Å²) >= 11 is 0. The molecule has 1 aromatic heterocycles. The molecule has 1 amide bonds. The zero-order valence-corrected chi connectivity index (χ0v) is 22.3. The van der Waals surface area contributed by atoms with Gasteiger partial charge in [-0.05, 0) is 65.7 Å². The Bertz CT molecular complexity index is 1680. The van der Waals surface area contributed by atoms with E-state index in [-0.39, 0.29) is 11.5 Å². The summed E-state index contributed by atoms with van der Waals surface area (Å²) in [6, 6.07) is 27.8. The Morgan fingerprint density at radius 1 is 0.923 bits per heavy atom. The van der Waals surface area contributed by atoms with E-state index in [2.05, 4.69) is 0 Å². The van der Waals surface area contributed by atoms with Gasteiger partial charge < -0.3 is 14.4 Å². The Balaban J connectivity index is 1.68. The quantitative estimate of drug-likeness (QED) is 0.246. The largest absolute Gasteiger partial charge is 0.497 e. The molecule has 4 aromatic carbocycles. The molecule has 0 fully saturated rings. The Hall–Kier alpha value is -4.49. The van der Waals surface area contributed by atoms with Crippen molar-refractivity contribution in [3.8, 4) is 11.4 Å². The highest BCUT2D eigenvalue weighted by Crippen LogP contribution is 2.29. The molecule has 0 aliphatic rings. The summed E-state index contributed by atoms with van der Waals surface area (Å²) in [4.78, 5) is 34.7. The van der Waals surface area contributed by atoms with Crippen molar-refractivity contribution in [3.05, 3.63) is 113 Å². The summed E-state index contributed by atoms with van der Waals surface area (Å²) in [5.74, 6) is 1.03. The smallest absolute Gasteiger partial charge is 0.266 e. The summed E-state index contributed by atoms with van der Waals surface area (Å²) in [5, 5.41) is 2.56. The van der Waals surface area contributed by atoms with E-state index < -0.39 is 6.04 Å². The third kappa shape index (κ3) is 5.13. The highest BCUT2D eigenvalue weighted by atomic mass is 16.5. The predicted molar refractivity (Wildman–Crippen MR) is 154 cm³/mol. The molecular formula is C32H31N3O4. The molecule has 1 atom stereocenters. The maximum Gasteiger partial charge on any atom is 0.266 e. The number of ether oxygens (including phenoxy) is 2. The number of rotatable bonds is 9. The van der Waals surface area contributed by atoms with Crippen LogP contribution in [0.25, 0.3) is 27.4 Å². The van der Waals surface area contributed by atoms with Gasteiger partial charge in [-0.15, -0.1) is 0 Å². The maximum atomic E-state index is 14.1. The Morgan fingerprint density at radius 2 is 1.64 bits per heavy atom. The van der Waals surface area contributed by atoms with Crippen LogP contribution in [0.15, 0.2) is 95.8 Å². The van der Waals surface area contributed by atoms with E-state index in [1.807, 2.05) is 91.9 Å². The average molecular weight is 522 g/mol. The second-order valence-corrected chi connectivity index (χ2v) is 9.30. The van der Waals surface area contributed by atoms with E-state index in [9.17, 15) is 9.59 Å². The zero-order chi connectivity index (χ0) is 27.4. The fourth-order valence-electron chi connectivity index (χ4n) is 4.97. The van der Waals surface area contributed by atoms with Crippen molar-refractivity contribution in [2.75, 3.05) is 27.4 Å². The molecule has 0 aliphatic heterocycles. The molecule has 0 radical (unpaired) electrons. The number of nitrogens with zero attached hydrogens (tertiary/aromatic N) is 3. The fraction of sp³-hybridized carbons (Fsp3) is 0.219. The topological polar surface area (TPSA) is 73.7 Å². The number of hydrogen-bond acceptors (Lipinski definition) is 5. The first-order chi connectivity index (χ1) is 19.0. The van der Waals surface area contributed by atoms with Gasteiger partial charge in [-0.1, -0.05) is 49.4 Å². The van der Waals surface area contributed by atoms with Crippen LogP contribution in [0.5, 0.6) is 5.75 Å². The number of aromatic nitrogens is 2. The molecule has 7 heteroatoms. The molecule has 198 valence electrons. The predicted octanol–water partition coefficient (Wildman–Crippen LogP) is 5.79. The van der Waals surface area contributed by atoms with E-state index in [4.69, 9.17) is 14.5 Å². The zero-order valence-electron chi connectivity index (χ0n) is 22.3. The molecule has 0 bridgehead atoms. The lowest BCUT2D eigenvalue weighted by Crippen LogP contribution is -2.40. The normalized spacial score (nSPS) is 12.0. The highest BCUT2D eigenvalue weighted by molar-refractivity contribution is 5.98. The number of methoxy groups -OCH3 is 2. The number of fused-ring (bicyclic) bond motifs is 2. The van der Waals surface area contributed by atoms with Crippen LogP contribution >= 0.6 is 0 Å². The second-order valence-electron chi connectivity index (χ2n) is 9.30. The lowest BCUT2D eigenvalue weighted by Gasteiger charge is -2.32. The van der Waals surface area contributed by atoms with Gasteiger partial charge >= 0.3 is 0 Å². The van der Waals surface area contributed by atoms with Crippen molar-refractivity contribution in [1.29, 1.82) is 0 Å². The Morgan fingerprint density at radius 3 is 2.36 bits per heavy atom. The summed E-state index contributed by atoms with van der Waals surface area (Å²) in [5.41, 5.74) is 1.62. The lowest BCUT2D eigenvalue weighted by atomic mass is 10.0. The van der Waals surface area contributed by atoms with Gasteiger partial charge in [0, 0.05) is 19.2 Å². The van der Waals surface area contributed by atoms with Crippen LogP contribution in [0, 0.1) is 0 Å². The molecule has 5 rings (SSSR count). The van der Waals surface area contributed by atoms with Crippen LogP contribution in [0.2, 0.25) is 0 Å². The minimum atomic E-state index is -0.487. The number of benzene rings is 4. The van der Waals surface area contributed by atoms with Crippen molar-refractivity contribution >= 4 is 27.6 Å². The van der Waals surface area contributed by atoms with Gasteiger partial charge in [0.2, 0.25) is 0 Å². The third-order valence-electron chi connectivity index (χ3n) is 6.99. The molecule has 39 heavy (non-hydrogen) atoms. The van der Waals surface area contributed by atoms with Crippen molar-refractivity contribution in [2.45, 2.75) is 19.4 Å². The van der Waals surface area contributed by atoms with E-state index in [1.165, 1.54) is 0 Å². The number of amides is 1. The average Bonchev–Trinajstić information content (AvgIpc) is 2.99. The molecule has 7 nitrogen and oxygen atoms in total. The number of carbonyl (C=O) groups excluding carboxylic acids is 1. The minimum absolute atomic E-state index is 0.145. The summed E-state index contributed by atoms with van der Waals surface area (Å²) in [6.07, 6.45) is 0.546. The van der Waals surface area contributed by atoms with Gasteiger partial charge in [0.25, 0.3) is 11.5 Å². The first-order valence-corrected chi connectivity index (χ1v) is 13.0. The molecule has 0 aliphatic carbocycles. The second kappa shape index (κ2) is 11.5. The van der Waals surface area contributed by atoms with Crippen LogP contribution in [0.4, 0.5) is 0 Å². The Labute approximate surface area is 227 Å². The van der Waals surface area contributed by atoms with Crippen LogP contribution in [-0.2, 0) is 4.74 Å². The fourth-order valence-corrected chi connectivity index (χ4v) is 4.97. The van der Waals surface area contributed by atoms with Gasteiger partial charge in [0.05, 0.1) is 36.3 Å². The molecule has 0 spiro atoms. The molecule has 0 N–H and O–H groups in total. The monoisotopic (exact) mass is 521 g/mol. The summed E-state index contributed by atoms with van der Waals surface area (Å²) in [7, 11) is 3.21. The maximum absolute atomic E-state index is 14.1. The van der Waals surface area contributed by atoms with E-state index >= 15 is 0 Å². The van der Waals surface area contributed by atoms with Crippen LogP contribution in [-0.4, -0.2) is 47.7 Å². The summed E-state index contributed by atoms with van der Waals surface area (Å²) in [6.45, 7) is 2.68. The van der Waals surface area contributed by atoms with Crippen LogP contribution in [0.3, 0.4) is 0 Å². The molecule has 1 unspecified atom stereocenters. The summed E-state index contributed by atoms with van der Waals surface area (Å²) < 4.78 is 12.3. The molecule has 1 heterocycles. The first kappa shape index (κ1) is 26.1. The SMILES string of the molecule is CCC(c1nc2ccccc2c(=O)n1-c1ccc(OC)cc1)N(CCOC)C(=O)c1ccc2ccccc2c1. The van der Waals surface area contributed by atoms with E-state index in [1.54, 1.807) is 29.8 Å². The van der Waals surface area contributed by atoms with Crippen molar-refractivity contribution in [3.63, 3.8) is 0 Å². The molecule has 5 aromatic rings. The van der Waals surface area contributed by atoms with Gasteiger partial charge in [0.15, 0.2) is 0 Å². The van der Waals surface area contributed by atoms with Crippen LogP contribution in [0.1, 0.15) is 35.6 Å². The van der Waals surface area contributed by atoms with Crippen molar-refractivity contribution in [1.82, 2.24) is 14.5 Å². The van der Waals surface area contributed by atoms with Gasteiger partial charge in [0.1, 0.15) is 11.6 Å². The standard InChI is InChI=1S/C32H31N3O4/c1-4-29(34(19-20-38-2)31(36)24-14-13-22-9-5-6-10-23(22)21-24)30-33-28-12-8-7-11-27(28)32(37)35(30)25-15-17-26(39-3)18-16-25/h5-18,21,29H,4,19-20H2,1-3H3. The molecule has 0 saturated carbocycles. The van der Waals surface area contributed by atoms with Gasteiger partial charge in [-0.2, -0.15) is 0 Å². The van der Waals surface area contributed by atoms with E-state index in [0.29, 0.717) is 53.3 Å². The van der Waals surface area contributed by atoms with Crippen molar-refractivity contribution < 1.29 is 14.3 Å². The number of hydrogen-bond donors (Lipinski definition) is 0. The minimum Gasteiger partial charge on any atom is -0.497 e. The number of para-hydroxylation sites is 1. The molecular weight excluding hydrogens is 490 g/mol. The van der Waals surface area contributed by atoms with Crippen LogP contribution < -0.4 is 10.3 Å². The van der Waals surface area contributed by atoms with Gasteiger partial charge in [-0.3, -0.25) is 14.2 Å². The first-order valence-electron chi connectivity index (χ1n) is 13.0. The van der Waals surface area contributed by atoms with Gasteiger partial charge in [-0.25, -0.2) is 4.98 Å². The molecule has 0 saturated heterocycles. The lowest BCUT2D eigenvalue weighted by molar-refractivity contribution is 0.0579. The van der Waals surface area contributed by atoms with Crippen molar-refractivity contribution in [2.24, 2.45) is 0 Å².